The highest BCUT2D eigenvalue weighted by molar-refractivity contribution is 5.81. The lowest BCUT2D eigenvalue weighted by atomic mass is 9.90. The maximum atomic E-state index is 12.4. The number of ether oxygens (including phenoxy) is 3. The molecular weight excluding hydrogens is 526 g/mol. The van der Waals surface area contributed by atoms with E-state index in [9.17, 15) is 4.79 Å². The van der Waals surface area contributed by atoms with Crippen LogP contribution in [0.1, 0.15) is 33.7 Å². The SMILES string of the molecule is COC(=O)Cc1c(CCN(Cc2ccc(OC)cc2OC)CC(c2ccccc2)c2ccccc2)cc2coccc1-2. The highest BCUT2D eigenvalue weighted by Gasteiger charge is 2.23. The third-order valence-electron chi connectivity index (χ3n) is 7.84. The standard InChI is InChI=1S/C36H37NO5/c1-39-31-15-14-29(35(21-31)40-2)23-37(24-34(26-10-6-4-7-11-26)27-12-8-5-9-13-27)18-16-28-20-30-25-42-19-17-32(30)33(28)22-36(38)41-3/h4-15,17,19-21,25,34H,16,18,22-24H2,1-3H3. The first-order valence-corrected chi connectivity index (χ1v) is 14.2. The molecule has 0 N–H and O–H groups in total. The van der Waals surface area contributed by atoms with Crippen molar-refractivity contribution in [2.75, 3.05) is 34.4 Å². The Kier molecular flexibility index (Phi) is 9.57. The van der Waals surface area contributed by atoms with Crippen LogP contribution in [-0.4, -0.2) is 45.3 Å². The van der Waals surface area contributed by atoms with Crippen molar-refractivity contribution in [2.24, 2.45) is 0 Å². The average Bonchev–Trinajstić information content (AvgIpc) is 3.39. The maximum absolute atomic E-state index is 12.4. The van der Waals surface area contributed by atoms with E-state index in [4.69, 9.17) is 18.6 Å². The summed E-state index contributed by atoms with van der Waals surface area (Å²) in [4.78, 5) is 14.8. The van der Waals surface area contributed by atoms with Gasteiger partial charge in [-0.05, 0) is 52.4 Å². The van der Waals surface area contributed by atoms with Gasteiger partial charge in [0.25, 0.3) is 0 Å². The molecule has 5 rings (SSSR count). The van der Waals surface area contributed by atoms with Gasteiger partial charge >= 0.3 is 5.97 Å². The molecule has 3 aromatic rings. The van der Waals surface area contributed by atoms with Crippen LogP contribution in [0.15, 0.2) is 108 Å². The molecule has 0 radical (unpaired) electrons. The second kappa shape index (κ2) is 13.9. The molecule has 2 aliphatic rings. The summed E-state index contributed by atoms with van der Waals surface area (Å²) in [5, 5.41) is 0. The lowest BCUT2D eigenvalue weighted by Gasteiger charge is -2.29. The number of rotatable bonds is 13. The smallest absolute Gasteiger partial charge is 0.310 e. The Balaban J connectivity index is 1.49. The molecule has 0 fully saturated rings. The predicted molar refractivity (Wildman–Crippen MR) is 164 cm³/mol. The second-order valence-electron chi connectivity index (χ2n) is 10.4. The molecule has 216 valence electrons. The number of esters is 1. The van der Waals surface area contributed by atoms with Gasteiger partial charge < -0.3 is 18.6 Å². The van der Waals surface area contributed by atoms with Crippen molar-refractivity contribution < 1.29 is 23.4 Å². The van der Waals surface area contributed by atoms with Gasteiger partial charge in [-0.25, -0.2) is 0 Å². The van der Waals surface area contributed by atoms with Crippen LogP contribution in [0.3, 0.4) is 0 Å². The van der Waals surface area contributed by atoms with Crippen LogP contribution in [0.2, 0.25) is 0 Å². The first-order valence-electron chi connectivity index (χ1n) is 14.2. The first-order chi connectivity index (χ1) is 20.6. The van der Waals surface area contributed by atoms with E-state index in [-0.39, 0.29) is 18.3 Å². The lowest BCUT2D eigenvalue weighted by molar-refractivity contribution is -0.139. The molecule has 0 saturated carbocycles. The Labute approximate surface area is 247 Å². The van der Waals surface area contributed by atoms with E-state index in [1.54, 1.807) is 26.7 Å². The van der Waals surface area contributed by atoms with Crippen LogP contribution in [0.5, 0.6) is 11.5 Å². The number of nitrogens with zero attached hydrogens (tertiary/aromatic N) is 1. The summed E-state index contributed by atoms with van der Waals surface area (Å²) in [6.45, 7) is 2.25. The van der Waals surface area contributed by atoms with Gasteiger partial charge in [0.2, 0.25) is 0 Å². The fraction of sp³-hybridized carbons (Fsp3) is 0.250. The van der Waals surface area contributed by atoms with Crippen LogP contribution >= 0.6 is 0 Å². The summed E-state index contributed by atoms with van der Waals surface area (Å²) in [5.41, 5.74) is 7.75. The average molecular weight is 564 g/mol. The highest BCUT2D eigenvalue weighted by Crippen LogP contribution is 2.34. The molecule has 1 aliphatic heterocycles. The van der Waals surface area contributed by atoms with Crippen LogP contribution in [-0.2, 0) is 28.9 Å². The number of carbonyl (C=O) groups excluding carboxylic acids is 1. The van der Waals surface area contributed by atoms with Crippen LogP contribution in [0.4, 0.5) is 0 Å². The largest absolute Gasteiger partial charge is 0.497 e. The fourth-order valence-electron chi connectivity index (χ4n) is 5.63. The van der Waals surface area contributed by atoms with E-state index in [2.05, 4.69) is 77.7 Å². The Bertz CT molecular complexity index is 1510. The second-order valence-corrected chi connectivity index (χ2v) is 10.4. The summed E-state index contributed by atoms with van der Waals surface area (Å²) in [5.74, 6) is 1.47. The van der Waals surface area contributed by atoms with Gasteiger partial charge in [0.1, 0.15) is 11.5 Å². The van der Waals surface area contributed by atoms with Gasteiger partial charge in [-0.1, -0.05) is 66.7 Å². The zero-order chi connectivity index (χ0) is 29.3. The Morgan fingerprint density at radius 3 is 2.19 bits per heavy atom. The summed E-state index contributed by atoms with van der Waals surface area (Å²) < 4.78 is 21.7. The molecule has 0 atom stereocenters. The minimum atomic E-state index is -0.252. The number of hydrogen-bond donors (Lipinski definition) is 0. The zero-order valence-corrected chi connectivity index (χ0v) is 24.4. The van der Waals surface area contributed by atoms with Gasteiger partial charge in [0, 0.05) is 42.7 Å². The topological polar surface area (TPSA) is 61.1 Å². The van der Waals surface area contributed by atoms with Gasteiger partial charge in [-0.15, -0.1) is 0 Å². The van der Waals surface area contributed by atoms with Crippen molar-refractivity contribution in [3.8, 4) is 22.6 Å². The zero-order valence-electron chi connectivity index (χ0n) is 24.4. The van der Waals surface area contributed by atoms with E-state index >= 15 is 0 Å². The molecule has 0 saturated heterocycles. The normalized spacial score (nSPS) is 11.3. The monoisotopic (exact) mass is 563 g/mol. The number of carbonyl (C=O) groups is 1. The molecule has 6 nitrogen and oxygen atoms in total. The van der Waals surface area contributed by atoms with Crippen molar-refractivity contribution in [3.63, 3.8) is 0 Å². The van der Waals surface area contributed by atoms with Crippen molar-refractivity contribution in [3.05, 3.63) is 131 Å². The molecule has 42 heavy (non-hydrogen) atoms. The minimum Gasteiger partial charge on any atom is -0.497 e. The first kappa shape index (κ1) is 29.0. The minimum absolute atomic E-state index is 0.170. The van der Waals surface area contributed by atoms with Crippen molar-refractivity contribution >= 4 is 5.97 Å². The van der Waals surface area contributed by atoms with E-state index in [0.717, 1.165) is 58.8 Å². The molecule has 1 heterocycles. The van der Waals surface area contributed by atoms with Crippen LogP contribution < -0.4 is 9.47 Å². The van der Waals surface area contributed by atoms with Gasteiger partial charge in [-0.3, -0.25) is 9.69 Å². The van der Waals surface area contributed by atoms with E-state index < -0.39 is 0 Å². The fourth-order valence-corrected chi connectivity index (χ4v) is 5.63. The van der Waals surface area contributed by atoms with Crippen molar-refractivity contribution in [1.82, 2.24) is 4.90 Å². The van der Waals surface area contributed by atoms with Gasteiger partial charge in [-0.2, -0.15) is 0 Å². The molecule has 3 aromatic carbocycles. The quantitative estimate of drug-likeness (QED) is 0.144. The summed E-state index contributed by atoms with van der Waals surface area (Å²) >= 11 is 0. The van der Waals surface area contributed by atoms with E-state index in [1.165, 1.54) is 18.2 Å². The third-order valence-corrected chi connectivity index (χ3v) is 7.84. The lowest BCUT2D eigenvalue weighted by Crippen LogP contribution is -2.31. The molecule has 0 bridgehead atoms. The third kappa shape index (κ3) is 6.84. The number of benzene rings is 3. The molecule has 1 aliphatic carbocycles. The predicted octanol–water partition coefficient (Wildman–Crippen LogP) is 6.99. The molecule has 0 aromatic heterocycles. The van der Waals surface area contributed by atoms with Crippen molar-refractivity contribution in [1.29, 1.82) is 0 Å². The summed E-state index contributed by atoms with van der Waals surface area (Å²) in [6.07, 6.45) is 4.37. The van der Waals surface area contributed by atoms with Crippen molar-refractivity contribution in [2.45, 2.75) is 25.3 Å². The van der Waals surface area contributed by atoms with Crippen LogP contribution in [0, 0.1) is 0 Å². The summed E-state index contributed by atoms with van der Waals surface area (Å²) in [6, 6.07) is 31.4. The molecular formula is C36H37NO5. The number of hydrogen-bond acceptors (Lipinski definition) is 6. The Hall–Kier alpha value is -4.55. The maximum Gasteiger partial charge on any atom is 0.310 e. The van der Waals surface area contributed by atoms with E-state index in [1.807, 2.05) is 18.2 Å². The highest BCUT2D eigenvalue weighted by atomic mass is 16.5. The molecule has 0 amide bonds. The molecule has 6 heteroatoms. The van der Waals surface area contributed by atoms with Gasteiger partial charge in [0.05, 0.1) is 40.3 Å². The molecule has 0 spiro atoms. The number of methoxy groups -OCH3 is 3. The van der Waals surface area contributed by atoms with E-state index in [0.29, 0.717) is 6.54 Å². The molecule has 0 unspecified atom stereocenters. The summed E-state index contributed by atoms with van der Waals surface area (Å²) in [7, 11) is 4.78. The number of fused-ring (bicyclic) bond motifs is 1. The Morgan fingerprint density at radius 1 is 0.833 bits per heavy atom. The van der Waals surface area contributed by atoms with Gasteiger partial charge in [0.15, 0.2) is 0 Å². The van der Waals surface area contributed by atoms with Crippen LogP contribution in [0.25, 0.3) is 11.1 Å². The Morgan fingerprint density at radius 2 is 1.55 bits per heavy atom.